The monoisotopic (exact) mass is 231 g/mol. The first kappa shape index (κ1) is 11.8. The molecule has 1 heterocycles. The highest BCUT2D eigenvalue weighted by molar-refractivity contribution is 5.30. The lowest BCUT2D eigenvalue weighted by atomic mass is 10.0. The van der Waals surface area contributed by atoms with E-state index >= 15 is 0 Å². The second-order valence-corrected chi connectivity index (χ2v) is 4.52. The lowest BCUT2D eigenvalue weighted by molar-refractivity contribution is 0.177. The molecule has 4 nitrogen and oxygen atoms in total. The average molecular weight is 231 g/mol. The Morgan fingerprint density at radius 2 is 1.88 bits per heavy atom. The van der Waals surface area contributed by atoms with Crippen LogP contribution in [0.15, 0.2) is 24.4 Å². The molecule has 1 N–H and O–H groups in total. The maximum absolute atomic E-state index is 10.2. The molecule has 0 aliphatic carbocycles. The van der Waals surface area contributed by atoms with E-state index in [0.29, 0.717) is 6.42 Å². The van der Waals surface area contributed by atoms with E-state index < -0.39 is 6.10 Å². The van der Waals surface area contributed by atoms with Crippen LogP contribution in [-0.2, 0) is 13.5 Å². The van der Waals surface area contributed by atoms with Gasteiger partial charge in [0.05, 0.1) is 11.8 Å². The van der Waals surface area contributed by atoms with Crippen LogP contribution in [0, 0.1) is 13.8 Å². The smallest absolute Gasteiger partial charge is 0.0856 e. The molecule has 2 aromatic rings. The molecule has 2 rings (SSSR count). The molecule has 0 saturated carbocycles. The summed E-state index contributed by atoms with van der Waals surface area (Å²) in [7, 11) is 1.82. The first-order valence-electron chi connectivity index (χ1n) is 5.66. The van der Waals surface area contributed by atoms with Crippen LogP contribution in [0.1, 0.15) is 28.5 Å². The van der Waals surface area contributed by atoms with Crippen LogP contribution in [-0.4, -0.2) is 20.1 Å². The molecule has 0 aliphatic heterocycles. The van der Waals surface area contributed by atoms with Gasteiger partial charge in [-0.1, -0.05) is 34.5 Å². The fourth-order valence-corrected chi connectivity index (χ4v) is 2.01. The molecule has 4 heteroatoms. The highest BCUT2D eigenvalue weighted by Gasteiger charge is 2.11. The van der Waals surface area contributed by atoms with Crippen LogP contribution in [0.5, 0.6) is 0 Å². The summed E-state index contributed by atoms with van der Waals surface area (Å²) in [5.74, 6) is 0. The number of aliphatic hydroxyl groups excluding tert-OH is 1. The molecule has 0 fully saturated rings. The standard InChI is InChI=1S/C13H17N3O/c1-9-4-10(2)6-11(5-9)13(17)7-12-8-16(3)15-14-12/h4-6,8,13,17H,7H2,1-3H3. The van der Waals surface area contributed by atoms with Crippen molar-refractivity contribution in [3.05, 3.63) is 46.8 Å². The van der Waals surface area contributed by atoms with Gasteiger partial charge in [-0.05, 0) is 19.4 Å². The summed E-state index contributed by atoms with van der Waals surface area (Å²) in [5, 5.41) is 18.0. The molecule has 0 radical (unpaired) electrons. The van der Waals surface area contributed by atoms with Crippen molar-refractivity contribution in [1.29, 1.82) is 0 Å². The quantitative estimate of drug-likeness (QED) is 0.874. The molecule has 1 unspecified atom stereocenters. The zero-order valence-corrected chi connectivity index (χ0v) is 10.4. The minimum absolute atomic E-state index is 0.497. The van der Waals surface area contributed by atoms with E-state index in [2.05, 4.69) is 16.4 Å². The SMILES string of the molecule is Cc1cc(C)cc(C(O)Cc2cn(C)nn2)c1. The van der Waals surface area contributed by atoms with E-state index in [9.17, 15) is 5.11 Å². The number of benzene rings is 1. The van der Waals surface area contributed by atoms with Gasteiger partial charge >= 0.3 is 0 Å². The fourth-order valence-electron chi connectivity index (χ4n) is 2.01. The van der Waals surface area contributed by atoms with Crippen molar-refractivity contribution >= 4 is 0 Å². The maximum atomic E-state index is 10.2. The highest BCUT2D eigenvalue weighted by Crippen LogP contribution is 2.19. The van der Waals surface area contributed by atoms with Gasteiger partial charge in [0, 0.05) is 19.7 Å². The molecule has 1 aromatic carbocycles. The summed E-state index contributed by atoms with van der Waals surface area (Å²) in [4.78, 5) is 0. The number of aliphatic hydroxyl groups is 1. The third-order valence-electron chi connectivity index (χ3n) is 2.68. The summed E-state index contributed by atoms with van der Waals surface area (Å²) in [6.07, 6.45) is 1.80. The largest absolute Gasteiger partial charge is 0.388 e. The number of rotatable bonds is 3. The normalized spacial score (nSPS) is 12.7. The predicted molar refractivity (Wildman–Crippen MR) is 65.6 cm³/mol. The van der Waals surface area contributed by atoms with Gasteiger partial charge in [-0.15, -0.1) is 5.10 Å². The molecular formula is C13H17N3O. The van der Waals surface area contributed by atoms with Crippen molar-refractivity contribution < 1.29 is 5.11 Å². The lowest BCUT2D eigenvalue weighted by Gasteiger charge is -2.11. The molecule has 1 aromatic heterocycles. The first-order valence-corrected chi connectivity index (χ1v) is 5.66. The molecule has 1 atom stereocenters. The molecule has 0 amide bonds. The van der Waals surface area contributed by atoms with Gasteiger partial charge in [-0.25, -0.2) is 0 Å². The first-order chi connectivity index (χ1) is 8.04. The van der Waals surface area contributed by atoms with Gasteiger partial charge in [0.1, 0.15) is 0 Å². The Bertz CT molecular complexity index is 499. The van der Waals surface area contributed by atoms with Crippen LogP contribution >= 0.6 is 0 Å². The van der Waals surface area contributed by atoms with Gasteiger partial charge in [0.15, 0.2) is 0 Å². The Morgan fingerprint density at radius 1 is 1.24 bits per heavy atom. The van der Waals surface area contributed by atoms with Crippen LogP contribution in [0.25, 0.3) is 0 Å². The van der Waals surface area contributed by atoms with E-state index in [4.69, 9.17) is 0 Å². The summed E-state index contributed by atoms with van der Waals surface area (Å²) in [5.41, 5.74) is 4.07. The van der Waals surface area contributed by atoms with E-state index in [0.717, 1.165) is 22.4 Å². The van der Waals surface area contributed by atoms with Crippen LogP contribution in [0.2, 0.25) is 0 Å². The molecule has 17 heavy (non-hydrogen) atoms. The highest BCUT2D eigenvalue weighted by atomic mass is 16.3. The average Bonchev–Trinajstić information content (AvgIpc) is 2.62. The molecule has 0 aliphatic rings. The van der Waals surface area contributed by atoms with Crippen LogP contribution < -0.4 is 0 Å². The van der Waals surface area contributed by atoms with Gasteiger partial charge < -0.3 is 5.11 Å². The second kappa shape index (κ2) is 4.67. The van der Waals surface area contributed by atoms with E-state index in [-0.39, 0.29) is 0 Å². The zero-order valence-electron chi connectivity index (χ0n) is 10.4. The summed E-state index contributed by atoms with van der Waals surface area (Å²) in [6, 6.07) is 6.11. The lowest BCUT2D eigenvalue weighted by Crippen LogP contribution is -2.03. The van der Waals surface area contributed by atoms with E-state index in [1.165, 1.54) is 0 Å². The third kappa shape index (κ3) is 2.91. The van der Waals surface area contributed by atoms with Gasteiger partial charge in [0.2, 0.25) is 0 Å². The van der Waals surface area contributed by atoms with Crippen molar-refractivity contribution in [2.24, 2.45) is 7.05 Å². The van der Waals surface area contributed by atoms with Crippen molar-refractivity contribution in [3.8, 4) is 0 Å². The molecule has 0 spiro atoms. The van der Waals surface area contributed by atoms with Gasteiger partial charge in [0.25, 0.3) is 0 Å². The Labute approximate surface area is 101 Å². The van der Waals surface area contributed by atoms with E-state index in [1.54, 1.807) is 4.68 Å². The van der Waals surface area contributed by atoms with Crippen LogP contribution in [0.3, 0.4) is 0 Å². The summed E-state index contributed by atoms with van der Waals surface area (Å²) in [6.45, 7) is 4.07. The van der Waals surface area contributed by atoms with Crippen molar-refractivity contribution in [1.82, 2.24) is 15.0 Å². The third-order valence-corrected chi connectivity index (χ3v) is 2.68. The topological polar surface area (TPSA) is 50.9 Å². The summed E-state index contributed by atoms with van der Waals surface area (Å²) >= 11 is 0. The molecular weight excluding hydrogens is 214 g/mol. The Balaban J connectivity index is 2.16. The van der Waals surface area contributed by atoms with Crippen molar-refractivity contribution in [2.45, 2.75) is 26.4 Å². The maximum Gasteiger partial charge on any atom is 0.0856 e. The number of hydrogen-bond donors (Lipinski definition) is 1. The molecule has 0 bridgehead atoms. The zero-order chi connectivity index (χ0) is 12.4. The van der Waals surface area contributed by atoms with Crippen molar-refractivity contribution in [3.63, 3.8) is 0 Å². The number of hydrogen-bond acceptors (Lipinski definition) is 3. The number of aryl methyl sites for hydroxylation is 3. The number of nitrogens with zero attached hydrogens (tertiary/aromatic N) is 3. The second-order valence-electron chi connectivity index (χ2n) is 4.52. The van der Waals surface area contributed by atoms with Crippen LogP contribution in [0.4, 0.5) is 0 Å². The Hall–Kier alpha value is -1.68. The summed E-state index contributed by atoms with van der Waals surface area (Å²) < 4.78 is 1.64. The van der Waals surface area contributed by atoms with Gasteiger partial charge in [-0.3, -0.25) is 4.68 Å². The van der Waals surface area contributed by atoms with Crippen molar-refractivity contribution in [2.75, 3.05) is 0 Å². The minimum Gasteiger partial charge on any atom is -0.388 e. The minimum atomic E-state index is -0.523. The fraction of sp³-hybridized carbons (Fsp3) is 0.385. The van der Waals surface area contributed by atoms with E-state index in [1.807, 2.05) is 39.2 Å². The molecule has 90 valence electrons. The predicted octanol–water partition coefficient (Wildman–Crippen LogP) is 1.71. The Morgan fingerprint density at radius 3 is 2.41 bits per heavy atom. The number of aromatic nitrogens is 3. The Kier molecular flexibility index (Phi) is 3.24. The molecule has 0 saturated heterocycles. The van der Waals surface area contributed by atoms with Gasteiger partial charge in [-0.2, -0.15) is 0 Å².